The molecule has 1 saturated heterocycles. The molecule has 2 aromatic rings. The highest BCUT2D eigenvalue weighted by molar-refractivity contribution is 7.71. The summed E-state index contributed by atoms with van der Waals surface area (Å²) < 4.78 is 12.8. The number of hydrogen-bond acceptors (Lipinski definition) is 7. The molecule has 0 amide bonds. The first-order valence-electron chi connectivity index (χ1n) is 6.04. The molecule has 0 radical (unpaired) electrons. The fraction of sp³-hybridized carbons (Fsp3) is 0.545. The molecule has 0 aromatic carbocycles. The lowest BCUT2D eigenvalue weighted by Crippen LogP contribution is -2.35. The SMILES string of the molecule is CO[C@H]1[C@@H](O)[C@@H](n2cnc3c(=S)nc[nH]c32)O[C@H]1CO. The van der Waals surface area contributed by atoms with E-state index in [-0.39, 0.29) is 6.61 Å². The van der Waals surface area contributed by atoms with Gasteiger partial charge in [-0.3, -0.25) is 4.57 Å². The van der Waals surface area contributed by atoms with Crippen LogP contribution in [0.4, 0.5) is 0 Å². The standard InChI is InChI=1S/C11H14N4O4S/c1-18-8-5(2-16)19-11(7(8)17)15-4-14-6-9(15)12-3-13-10(6)20/h3-5,7-8,11,16-17H,2H2,1H3,(H,12,13,20)/t5-,7+,8+,11-/m0/s1. The number of aliphatic hydroxyl groups is 2. The Kier molecular flexibility index (Phi) is 3.52. The van der Waals surface area contributed by atoms with E-state index in [0.717, 1.165) is 0 Å². The van der Waals surface area contributed by atoms with Gasteiger partial charge in [-0.2, -0.15) is 0 Å². The van der Waals surface area contributed by atoms with Crippen molar-refractivity contribution < 1.29 is 19.7 Å². The summed E-state index contributed by atoms with van der Waals surface area (Å²) in [5, 5.41) is 19.6. The summed E-state index contributed by atoms with van der Waals surface area (Å²) >= 11 is 5.09. The number of aliphatic hydroxyl groups excluding tert-OH is 2. The van der Waals surface area contributed by atoms with Crippen molar-refractivity contribution in [2.24, 2.45) is 0 Å². The molecule has 2 aromatic heterocycles. The number of hydrogen-bond donors (Lipinski definition) is 3. The number of methoxy groups -OCH3 is 1. The second-order valence-electron chi connectivity index (χ2n) is 4.50. The first-order chi connectivity index (χ1) is 9.67. The van der Waals surface area contributed by atoms with Crippen molar-refractivity contribution in [2.45, 2.75) is 24.5 Å². The molecule has 20 heavy (non-hydrogen) atoms. The monoisotopic (exact) mass is 298 g/mol. The van der Waals surface area contributed by atoms with Gasteiger partial charge in [0, 0.05) is 7.11 Å². The molecule has 0 aliphatic carbocycles. The molecule has 3 rings (SSSR count). The summed E-state index contributed by atoms with van der Waals surface area (Å²) in [5.41, 5.74) is 1.13. The first kappa shape index (κ1) is 13.6. The first-order valence-corrected chi connectivity index (χ1v) is 6.45. The van der Waals surface area contributed by atoms with Crippen LogP contribution in [0.5, 0.6) is 0 Å². The van der Waals surface area contributed by atoms with Gasteiger partial charge in [0.05, 0.1) is 19.3 Å². The Morgan fingerprint density at radius 1 is 1.55 bits per heavy atom. The molecular formula is C11H14N4O4S. The number of nitrogens with zero attached hydrogens (tertiary/aromatic N) is 3. The molecule has 108 valence electrons. The lowest BCUT2D eigenvalue weighted by atomic mass is 10.1. The molecule has 0 unspecified atom stereocenters. The van der Waals surface area contributed by atoms with Crippen LogP contribution in [-0.4, -0.2) is 61.8 Å². The number of ether oxygens (including phenoxy) is 2. The average Bonchev–Trinajstić information content (AvgIpc) is 3.00. The maximum atomic E-state index is 10.3. The smallest absolute Gasteiger partial charge is 0.165 e. The van der Waals surface area contributed by atoms with Crippen molar-refractivity contribution in [2.75, 3.05) is 13.7 Å². The lowest BCUT2D eigenvalue weighted by molar-refractivity contribution is -0.0535. The largest absolute Gasteiger partial charge is 0.394 e. The second-order valence-corrected chi connectivity index (χ2v) is 4.88. The second kappa shape index (κ2) is 5.19. The molecule has 0 saturated carbocycles. The summed E-state index contributed by atoms with van der Waals surface area (Å²) in [6, 6.07) is 0. The number of rotatable bonds is 3. The van der Waals surface area contributed by atoms with Crippen molar-refractivity contribution in [1.82, 2.24) is 19.5 Å². The molecule has 0 bridgehead atoms. The maximum absolute atomic E-state index is 10.3. The zero-order valence-electron chi connectivity index (χ0n) is 10.6. The number of aromatic nitrogens is 4. The highest BCUT2D eigenvalue weighted by Crippen LogP contribution is 2.32. The highest BCUT2D eigenvalue weighted by Gasteiger charge is 2.45. The maximum Gasteiger partial charge on any atom is 0.165 e. The average molecular weight is 298 g/mol. The van der Waals surface area contributed by atoms with Crippen LogP contribution in [0.15, 0.2) is 12.7 Å². The van der Waals surface area contributed by atoms with Crippen LogP contribution in [-0.2, 0) is 9.47 Å². The molecule has 8 nitrogen and oxygen atoms in total. The summed E-state index contributed by atoms with van der Waals surface area (Å²) in [4.78, 5) is 11.0. The Labute approximate surface area is 119 Å². The van der Waals surface area contributed by atoms with E-state index in [2.05, 4.69) is 15.0 Å². The van der Waals surface area contributed by atoms with Gasteiger partial charge in [0.1, 0.15) is 29.5 Å². The molecule has 9 heteroatoms. The third kappa shape index (κ3) is 1.95. The molecule has 1 aliphatic heterocycles. The molecule has 1 aliphatic rings. The zero-order valence-corrected chi connectivity index (χ0v) is 11.4. The van der Waals surface area contributed by atoms with Gasteiger partial charge in [-0.1, -0.05) is 12.2 Å². The third-order valence-electron chi connectivity index (χ3n) is 3.42. The molecule has 0 spiro atoms. The molecule has 4 atom stereocenters. The number of H-pyrrole nitrogens is 1. The van der Waals surface area contributed by atoms with Gasteiger partial charge in [0.2, 0.25) is 0 Å². The van der Waals surface area contributed by atoms with Crippen LogP contribution < -0.4 is 0 Å². The Hall–Kier alpha value is -1.39. The van der Waals surface area contributed by atoms with E-state index >= 15 is 0 Å². The lowest BCUT2D eigenvalue weighted by Gasteiger charge is -2.18. The van der Waals surface area contributed by atoms with E-state index in [4.69, 9.17) is 21.7 Å². The van der Waals surface area contributed by atoms with Crippen LogP contribution in [0.2, 0.25) is 0 Å². The summed E-state index contributed by atoms with van der Waals surface area (Å²) in [7, 11) is 1.46. The Morgan fingerprint density at radius 2 is 2.35 bits per heavy atom. The summed E-state index contributed by atoms with van der Waals surface area (Å²) in [6.07, 6.45) is 0.134. The predicted molar refractivity (Wildman–Crippen MR) is 70.5 cm³/mol. The molecule has 3 heterocycles. The number of nitrogens with one attached hydrogen (secondary N) is 1. The van der Waals surface area contributed by atoms with Crippen molar-refractivity contribution in [3.05, 3.63) is 17.3 Å². The number of fused-ring (bicyclic) bond motifs is 1. The van der Waals surface area contributed by atoms with Crippen LogP contribution in [0.3, 0.4) is 0 Å². The Balaban J connectivity index is 2.04. The van der Waals surface area contributed by atoms with Gasteiger partial charge < -0.3 is 24.7 Å². The quantitative estimate of drug-likeness (QED) is 0.671. The fourth-order valence-corrected chi connectivity index (χ4v) is 2.66. The van der Waals surface area contributed by atoms with Gasteiger partial charge in [0.25, 0.3) is 0 Å². The Bertz CT molecular complexity index is 672. The van der Waals surface area contributed by atoms with Crippen molar-refractivity contribution in [1.29, 1.82) is 0 Å². The van der Waals surface area contributed by atoms with Gasteiger partial charge in [-0.25, -0.2) is 9.97 Å². The van der Waals surface area contributed by atoms with Crippen LogP contribution in [0.25, 0.3) is 11.2 Å². The van der Waals surface area contributed by atoms with Crippen LogP contribution in [0, 0.1) is 4.64 Å². The fourth-order valence-electron chi connectivity index (χ4n) is 2.45. The van der Waals surface area contributed by atoms with E-state index in [1.807, 2.05) is 0 Å². The molecule has 3 N–H and O–H groups in total. The van der Waals surface area contributed by atoms with E-state index in [1.54, 1.807) is 4.57 Å². The van der Waals surface area contributed by atoms with Gasteiger partial charge in [0.15, 0.2) is 10.9 Å². The number of aromatic amines is 1. The highest BCUT2D eigenvalue weighted by atomic mass is 32.1. The predicted octanol–water partition coefficient (Wildman–Crippen LogP) is -0.246. The van der Waals surface area contributed by atoms with E-state index in [9.17, 15) is 10.2 Å². The van der Waals surface area contributed by atoms with E-state index in [1.165, 1.54) is 19.8 Å². The normalized spacial score (nSPS) is 30.1. The number of imidazole rings is 1. The van der Waals surface area contributed by atoms with E-state index in [0.29, 0.717) is 15.8 Å². The minimum Gasteiger partial charge on any atom is -0.394 e. The minimum absolute atomic E-state index is 0.240. The minimum atomic E-state index is -0.926. The van der Waals surface area contributed by atoms with Gasteiger partial charge in [-0.05, 0) is 0 Å². The van der Waals surface area contributed by atoms with Crippen molar-refractivity contribution in [3.8, 4) is 0 Å². The van der Waals surface area contributed by atoms with Crippen molar-refractivity contribution >= 4 is 23.4 Å². The zero-order chi connectivity index (χ0) is 14.3. The third-order valence-corrected chi connectivity index (χ3v) is 3.71. The van der Waals surface area contributed by atoms with Crippen molar-refractivity contribution in [3.63, 3.8) is 0 Å². The van der Waals surface area contributed by atoms with Crippen LogP contribution in [0.1, 0.15) is 6.23 Å². The molecular weight excluding hydrogens is 284 g/mol. The van der Waals surface area contributed by atoms with Crippen LogP contribution >= 0.6 is 12.2 Å². The van der Waals surface area contributed by atoms with E-state index < -0.39 is 24.5 Å². The summed E-state index contributed by atoms with van der Waals surface area (Å²) in [5.74, 6) is 0. The summed E-state index contributed by atoms with van der Waals surface area (Å²) in [6.45, 7) is -0.240. The Morgan fingerprint density at radius 3 is 3.00 bits per heavy atom. The van der Waals surface area contributed by atoms with Gasteiger partial charge >= 0.3 is 0 Å². The topological polar surface area (TPSA) is 105 Å². The molecule has 1 fully saturated rings. The van der Waals surface area contributed by atoms with Gasteiger partial charge in [-0.15, -0.1) is 0 Å².